The molecule has 0 atom stereocenters. The number of carbonyl (C=O) groups excluding carboxylic acids is 1. The van der Waals surface area contributed by atoms with E-state index in [1.165, 1.54) is 0 Å². The molecule has 0 unspecified atom stereocenters. The summed E-state index contributed by atoms with van der Waals surface area (Å²) < 4.78 is 0. The van der Waals surface area contributed by atoms with Crippen LogP contribution in [0.4, 0.5) is 0 Å². The molecule has 1 aromatic heterocycles. The second-order valence-electron chi connectivity index (χ2n) is 7.39. The average molecular weight is 407 g/mol. The van der Waals surface area contributed by atoms with Crippen LogP contribution >= 0.6 is 11.8 Å². The zero-order valence-corrected chi connectivity index (χ0v) is 17.8. The molecular weight excluding hydrogens is 380 g/mol. The van der Waals surface area contributed by atoms with E-state index >= 15 is 0 Å². The molecule has 150 valence electrons. The lowest BCUT2D eigenvalue weighted by molar-refractivity contribution is 0.0645. The summed E-state index contributed by atoms with van der Waals surface area (Å²) in [7, 11) is 0. The topological polar surface area (TPSA) is 49.3 Å². The minimum atomic E-state index is 0.125. The van der Waals surface area contributed by atoms with Gasteiger partial charge >= 0.3 is 0 Å². The minimum absolute atomic E-state index is 0.125. The quantitative estimate of drug-likeness (QED) is 0.646. The number of fused-ring (bicyclic) bond motifs is 1. The average Bonchev–Trinajstić information content (AvgIpc) is 2.77. The number of aromatic nitrogens is 2. The largest absolute Gasteiger partial charge is 0.336 e. The third-order valence-electron chi connectivity index (χ3n) is 5.49. The van der Waals surface area contributed by atoms with Crippen LogP contribution < -0.4 is 0 Å². The molecule has 0 spiro atoms. The van der Waals surface area contributed by atoms with Gasteiger partial charge in [0.05, 0.1) is 0 Å². The standard InChI is InChI=1S/C23H26N4OS/c1-17-24-15-20(16-25-17)21-5-3-4-18-14-19(6-7-22(18)21)23(28)27-10-8-26(9-11-27)12-13-29-2/h3-7,14-16H,8-13H2,1-2H3. The molecule has 1 saturated heterocycles. The number of rotatable bonds is 5. The van der Waals surface area contributed by atoms with Crippen molar-refractivity contribution >= 4 is 28.4 Å². The molecule has 1 aliphatic heterocycles. The maximum Gasteiger partial charge on any atom is 0.253 e. The van der Waals surface area contributed by atoms with Crippen LogP contribution in [0.2, 0.25) is 0 Å². The molecule has 6 heteroatoms. The number of piperazine rings is 1. The van der Waals surface area contributed by atoms with Crippen molar-refractivity contribution in [2.24, 2.45) is 0 Å². The molecule has 0 bridgehead atoms. The van der Waals surface area contributed by atoms with Gasteiger partial charge < -0.3 is 4.90 Å². The zero-order chi connectivity index (χ0) is 20.2. The maximum absolute atomic E-state index is 13.0. The summed E-state index contributed by atoms with van der Waals surface area (Å²) in [5.74, 6) is 2.03. The van der Waals surface area contributed by atoms with Gasteiger partial charge in [0.2, 0.25) is 0 Å². The molecule has 2 heterocycles. The second kappa shape index (κ2) is 8.93. The first-order valence-corrected chi connectivity index (χ1v) is 11.4. The van der Waals surface area contributed by atoms with Crippen molar-refractivity contribution in [2.45, 2.75) is 6.92 Å². The Hall–Kier alpha value is -2.44. The lowest BCUT2D eigenvalue weighted by Crippen LogP contribution is -2.49. The number of amides is 1. The van der Waals surface area contributed by atoms with E-state index in [4.69, 9.17) is 0 Å². The Kier molecular flexibility index (Phi) is 6.11. The molecule has 0 saturated carbocycles. The third-order valence-corrected chi connectivity index (χ3v) is 6.08. The Morgan fingerprint density at radius 2 is 1.83 bits per heavy atom. The summed E-state index contributed by atoms with van der Waals surface area (Å²) in [4.78, 5) is 26.1. The monoisotopic (exact) mass is 406 g/mol. The van der Waals surface area contributed by atoms with E-state index in [0.29, 0.717) is 0 Å². The van der Waals surface area contributed by atoms with E-state index in [-0.39, 0.29) is 5.91 Å². The fraction of sp³-hybridized carbons (Fsp3) is 0.348. The first kappa shape index (κ1) is 19.9. The summed E-state index contributed by atoms with van der Waals surface area (Å²) in [6, 6.07) is 12.2. The van der Waals surface area contributed by atoms with Gasteiger partial charge in [0.15, 0.2) is 0 Å². The van der Waals surface area contributed by atoms with Crippen molar-refractivity contribution in [3.05, 3.63) is 60.2 Å². The predicted octanol–water partition coefficient (Wildman–Crippen LogP) is 3.73. The summed E-state index contributed by atoms with van der Waals surface area (Å²) in [5, 5.41) is 2.17. The number of nitrogens with zero attached hydrogens (tertiary/aromatic N) is 4. The molecule has 3 aromatic rings. The van der Waals surface area contributed by atoms with Crippen LogP contribution in [0.5, 0.6) is 0 Å². The van der Waals surface area contributed by atoms with Crippen LogP contribution in [0.1, 0.15) is 16.2 Å². The fourth-order valence-electron chi connectivity index (χ4n) is 3.78. The van der Waals surface area contributed by atoms with Gasteiger partial charge in [0.25, 0.3) is 5.91 Å². The molecule has 1 aliphatic rings. The van der Waals surface area contributed by atoms with Crippen LogP contribution in [-0.4, -0.2) is 70.4 Å². The number of benzene rings is 2. The van der Waals surface area contributed by atoms with Gasteiger partial charge in [-0.25, -0.2) is 9.97 Å². The van der Waals surface area contributed by atoms with Crippen molar-refractivity contribution < 1.29 is 4.79 Å². The van der Waals surface area contributed by atoms with Crippen molar-refractivity contribution in [1.82, 2.24) is 19.8 Å². The molecule has 29 heavy (non-hydrogen) atoms. The number of hydrogen-bond acceptors (Lipinski definition) is 5. The van der Waals surface area contributed by atoms with Crippen molar-refractivity contribution in [2.75, 3.05) is 44.7 Å². The number of thioether (sulfide) groups is 1. The Morgan fingerprint density at radius 1 is 1.07 bits per heavy atom. The summed E-state index contributed by atoms with van der Waals surface area (Å²) in [6.07, 6.45) is 5.84. The summed E-state index contributed by atoms with van der Waals surface area (Å²) in [5.41, 5.74) is 2.83. The van der Waals surface area contributed by atoms with Gasteiger partial charge in [0.1, 0.15) is 5.82 Å². The third kappa shape index (κ3) is 4.43. The van der Waals surface area contributed by atoms with E-state index in [9.17, 15) is 4.79 Å². The highest BCUT2D eigenvalue weighted by molar-refractivity contribution is 7.98. The molecule has 0 N–H and O–H groups in total. The van der Waals surface area contributed by atoms with Crippen LogP contribution in [0.25, 0.3) is 21.9 Å². The molecule has 0 aliphatic carbocycles. The smallest absolute Gasteiger partial charge is 0.253 e. The van der Waals surface area contributed by atoms with E-state index < -0.39 is 0 Å². The van der Waals surface area contributed by atoms with E-state index in [1.54, 1.807) is 0 Å². The normalized spacial score (nSPS) is 15.0. The molecule has 1 fully saturated rings. The fourth-order valence-corrected chi connectivity index (χ4v) is 4.22. The van der Waals surface area contributed by atoms with Crippen LogP contribution in [-0.2, 0) is 0 Å². The Balaban J connectivity index is 1.54. The lowest BCUT2D eigenvalue weighted by atomic mass is 9.98. The first-order chi connectivity index (χ1) is 14.2. The van der Waals surface area contributed by atoms with Gasteiger partial charge in [-0.15, -0.1) is 0 Å². The first-order valence-electron chi connectivity index (χ1n) is 9.98. The summed E-state index contributed by atoms with van der Waals surface area (Å²) >= 11 is 1.87. The van der Waals surface area contributed by atoms with Crippen molar-refractivity contribution in [1.29, 1.82) is 0 Å². The molecule has 4 rings (SSSR count). The highest BCUT2D eigenvalue weighted by Gasteiger charge is 2.22. The number of aryl methyl sites for hydroxylation is 1. The molecular formula is C23H26N4OS. The molecule has 2 aromatic carbocycles. The van der Waals surface area contributed by atoms with Crippen LogP contribution in [0.3, 0.4) is 0 Å². The van der Waals surface area contributed by atoms with Gasteiger partial charge in [-0.05, 0) is 41.6 Å². The lowest BCUT2D eigenvalue weighted by Gasteiger charge is -2.34. The zero-order valence-electron chi connectivity index (χ0n) is 17.0. The van der Waals surface area contributed by atoms with Gasteiger partial charge in [-0.2, -0.15) is 11.8 Å². The van der Waals surface area contributed by atoms with Gasteiger partial charge in [-0.1, -0.05) is 24.3 Å². The van der Waals surface area contributed by atoms with Crippen molar-refractivity contribution in [3.63, 3.8) is 0 Å². The SMILES string of the molecule is CSCCN1CCN(C(=O)c2ccc3c(-c4cnc(C)nc4)cccc3c2)CC1. The Morgan fingerprint density at radius 3 is 2.55 bits per heavy atom. The van der Waals surface area contributed by atoms with Gasteiger partial charge in [-0.3, -0.25) is 9.69 Å². The second-order valence-corrected chi connectivity index (χ2v) is 8.37. The Bertz CT molecular complexity index is 997. The molecule has 0 radical (unpaired) electrons. The molecule has 5 nitrogen and oxygen atoms in total. The Labute approximate surface area is 176 Å². The van der Waals surface area contributed by atoms with E-state index in [0.717, 1.165) is 71.8 Å². The number of carbonyl (C=O) groups is 1. The number of hydrogen-bond donors (Lipinski definition) is 0. The van der Waals surface area contributed by atoms with Crippen LogP contribution in [0.15, 0.2) is 48.8 Å². The minimum Gasteiger partial charge on any atom is -0.336 e. The van der Waals surface area contributed by atoms with Crippen molar-refractivity contribution in [3.8, 4) is 11.1 Å². The maximum atomic E-state index is 13.0. The molecule has 1 amide bonds. The summed E-state index contributed by atoms with van der Waals surface area (Å²) in [6.45, 7) is 6.49. The van der Waals surface area contributed by atoms with Crippen LogP contribution in [0, 0.1) is 6.92 Å². The van der Waals surface area contributed by atoms with E-state index in [2.05, 4.69) is 33.3 Å². The van der Waals surface area contributed by atoms with E-state index in [1.807, 2.05) is 60.2 Å². The highest BCUT2D eigenvalue weighted by atomic mass is 32.2. The predicted molar refractivity (Wildman–Crippen MR) is 120 cm³/mol. The van der Waals surface area contributed by atoms with Gasteiger partial charge in [0, 0.05) is 62.0 Å². The highest BCUT2D eigenvalue weighted by Crippen LogP contribution is 2.29.